The fourth-order valence-corrected chi connectivity index (χ4v) is 3.06. The maximum Gasteiger partial charge on any atom is 0.315 e. The summed E-state index contributed by atoms with van der Waals surface area (Å²) in [5, 5.41) is 9.09. The van der Waals surface area contributed by atoms with E-state index in [1.807, 2.05) is 0 Å². The summed E-state index contributed by atoms with van der Waals surface area (Å²) in [6.45, 7) is 2.60. The molecule has 2 aliphatic rings. The van der Waals surface area contributed by atoms with Crippen LogP contribution in [-0.4, -0.2) is 31.1 Å². The molecule has 1 aliphatic heterocycles. The van der Waals surface area contributed by atoms with Crippen molar-refractivity contribution in [3.63, 3.8) is 0 Å². The molecule has 21 heavy (non-hydrogen) atoms. The molecule has 2 fully saturated rings. The van der Waals surface area contributed by atoms with Gasteiger partial charge in [-0.05, 0) is 36.0 Å². The van der Waals surface area contributed by atoms with Gasteiger partial charge in [-0.15, -0.1) is 0 Å². The van der Waals surface area contributed by atoms with Gasteiger partial charge in [-0.3, -0.25) is 4.79 Å². The van der Waals surface area contributed by atoms with Crippen LogP contribution in [0.1, 0.15) is 28.8 Å². The van der Waals surface area contributed by atoms with Gasteiger partial charge in [-0.1, -0.05) is 12.1 Å². The highest BCUT2D eigenvalue weighted by atomic mass is 16.2. The molecule has 1 heterocycles. The van der Waals surface area contributed by atoms with Crippen molar-refractivity contribution in [3.8, 4) is 0 Å². The molecule has 112 valence electrons. The van der Waals surface area contributed by atoms with Gasteiger partial charge in [0, 0.05) is 31.2 Å². The fraction of sp³-hybridized carbons (Fsp3) is 0.467. The maximum absolute atomic E-state index is 11.8. The summed E-state index contributed by atoms with van der Waals surface area (Å²) in [5.41, 5.74) is 7.04. The molecule has 5 N–H and O–H groups in total. The molecule has 0 radical (unpaired) electrons. The summed E-state index contributed by atoms with van der Waals surface area (Å²) < 4.78 is 0. The van der Waals surface area contributed by atoms with Crippen LogP contribution in [0.4, 0.5) is 4.79 Å². The highest BCUT2D eigenvalue weighted by molar-refractivity contribution is 5.92. The minimum Gasteiger partial charge on any atom is -0.366 e. The van der Waals surface area contributed by atoms with Crippen LogP contribution in [0, 0.1) is 5.41 Å². The van der Waals surface area contributed by atoms with Gasteiger partial charge in [0.1, 0.15) is 0 Å². The second kappa shape index (κ2) is 5.37. The molecular formula is C15H20N4O2. The van der Waals surface area contributed by atoms with Gasteiger partial charge in [-0.2, -0.15) is 0 Å². The van der Waals surface area contributed by atoms with Gasteiger partial charge in [0.05, 0.1) is 0 Å². The van der Waals surface area contributed by atoms with Gasteiger partial charge >= 0.3 is 6.03 Å². The summed E-state index contributed by atoms with van der Waals surface area (Å²) >= 11 is 0. The zero-order chi connectivity index (χ0) is 14.9. The van der Waals surface area contributed by atoms with Crippen LogP contribution in [0.25, 0.3) is 0 Å². The lowest BCUT2D eigenvalue weighted by molar-refractivity contribution is 0.0281. The van der Waals surface area contributed by atoms with Crippen LogP contribution in [0.2, 0.25) is 0 Å². The molecule has 0 unspecified atom stereocenters. The summed E-state index contributed by atoms with van der Waals surface area (Å²) in [6, 6.07) is 7.07. The lowest BCUT2D eigenvalue weighted by Crippen LogP contribution is -2.65. The molecule has 0 bridgehead atoms. The Morgan fingerprint density at radius 3 is 2.43 bits per heavy atom. The van der Waals surface area contributed by atoms with E-state index in [9.17, 15) is 9.59 Å². The van der Waals surface area contributed by atoms with E-state index in [1.54, 1.807) is 24.3 Å². The summed E-state index contributed by atoms with van der Waals surface area (Å²) in [5.74, 6) is -0.448. The standard InChI is InChI=1S/C15H20N4O2/c16-13(20)11-3-1-10(2-4-11)7-18-14(21)19-12-5-15(6-12)8-17-9-15/h1-4,12,17H,5-9H2,(H2,16,20)(H2,18,19,21). The monoisotopic (exact) mass is 288 g/mol. The van der Waals surface area contributed by atoms with E-state index in [2.05, 4.69) is 16.0 Å². The van der Waals surface area contributed by atoms with E-state index in [0.717, 1.165) is 31.5 Å². The molecule has 1 aliphatic carbocycles. The Balaban J connectivity index is 1.40. The Labute approximate surface area is 123 Å². The minimum absolute atomic E-state index is 0.138. The van der Waals surface area contributed by atoms with Gasteiger partial charge in [-0.25, -0.2) is 4.79 Å². The first-order valence-corrected chi connectivity index (χ1v) is 7.20. The SMILES string of the molecule is NC(=O)c1ccc(CNC(=O)NC2CC3(CNC3)C2)cc1. The molecular weight excluding hydrogens is 268 g/mol. The molecule has 6 heteroatoms. The molecule has 1 saturated heterocycles. The number of hydrogen-bond donors (Lipinski definition) is 4. The minimum atomic E-state index is -0.448. The number of carbonyl (C=O) groups is 2. The summed E-state index contributed by atoms with van der Waals surface area (Å²) in [7, 11) is 0. The molecule has 1 aromatic carbocycles. The normalized spacial score (nSPS) is 19.4. The second-order valence-corrected chi connectivity index (χ2v) is 6.10. The lowest BCUT2D eigenvalue weighted by Gasteiger charge is -2.54. The van der Waals surface area contributed by atoms with E-state index in [1.165, 1.54) is 0 Å². The topological polar surface area (TPSA) is 96.2 Å². The average molecular weight is 288 g/mol. The summed E-state index contributed by atoms with van der Waals surface area (Å²) in [6.07, 6.45) is 2.14. The third-order valence-corrected chi connectivity index (χ3v) is 4.39. The third-order valence-electron chi connectivity index (χ3n) is 4.39. The number of primary amides is 1. The van der Waals surface area contributed by atoms with Gasteiger partial charge in [0.15, 0.2) is 0 Å². The zero-order valence-electron chi connectivity index (χ0n) is 11.8. The predicted molar refractivity (Wildman–Crippen MR) is 78.7 cm³/mol. The number of carbonyl (C=O) groups excluding carboxylic acids is 2. The van der Waals surface area contributed by atoms with Crippen LogP contribution in [0.3, 0.4) is 0 Å². The fourth-order valence-electron chi connectivity index (χ4n) is 3.06. The van der Waals surface area contributed by atoms with E-state index in [-0.39, 0.29) is 6.03 Å². The van der Waals surface area contributed by atoms with Crippen molar-refractivity contribution in [1.82, 2.24) is 16.0 Å². The molecule has 3 amide bonds. The maximum atomic E-state index is 11.8. The average Bonchev–Trinajstić information content (AvgIpc) is 2.38. The first-order chi connectivity index (χ1) is 10.1. The van der Waals surface area contributed by atoms with E-state index < -0.39 is 5.91 Å². The molecule has 0 atom stereocenters. The van der Waals surface area contributed by atoms with Crippen molar-refractivity contribution in [2.45, 2.75) is 25.4 Å². The van der Waals surface area contributed by atoms with Crippen LogP contribution in [0.15, 0.2) is 24.3 Å². The van der Waals surface area contributed by atoms with Crippen LogP contribution in [0.5, 0.6) is 0 Å². The van der Waals surface area contributed by atoms with Crippen molar-refractivity contribution in [2.75, 3.05) is 13.1 Å². The number of benzene rings is 1. The Kier molecular flexibility index (Phi) is 3.55. The zero-order valence-corrected chi connectivity index (χ0v) is 11.8. The van der Waals surface area contributed by atoms with Crippen molar-refractivity contribution >= 4 is 11.9 Å². The highest BCUT2D eigenvalue weighted by Crippen LogP contribution is 2.43. The Morgan fingerprint density at radius 2 is 1.90 bits per heavy atom. The quantitative estimate of drug-likeness (QED) is 0.643. The number of amides is 3. The van der Waals surface area contributed by atoms with Gasteiger partial charge < -0.3 is 21.7 Å². The number of urea groups is 1. The van der Waals surface area contributed by atoms with Gasteiger partial charge in [0.2, 0.25) is 5.91 Å². The molecule has 1 spiro atoms. The molecule has 1 saturated carbocycles. The Morgan fingerprint density at radius 1 is 1.24 bits per heavy atom. The highest BCUT2D eigenvalue weighted by Gasteiger charge is 2.48. The van der Waals surface area contributed by atoms with E-state index in [0.29, 0.717) is 23.6 Å². The number of rotatable bonds is 4. The van der Waals surface area contributed by atoms with Crippen molar-refractivity contribution in [1.29, 1.82) is 0 Å². The van der Waals surface area contributed by atoms with Crippen molar-refractivity contribution in [2.24, 2.45) is 11.1 Å². The van der Waals surface area contributed by atoms with Gasteiger partial charge in [0.25, 0.3) is 0 Å². The summed E-state index contributed by atoms with van der Waals surface area (Å²) in [4.78, 5) is 22.8. The molecule has 1 aromatic rings. The Bertz CT molecular complexity index is 543. The predicted octanol–water partition coefficient (Wildman–Crippen LogP) is 0.337. The number of nitrogens with one attached hydrogen (secondary N) is 3. The van der Waals surface area contributed by atoms with Crippen molar-refractivity contribution in [3.05, 3.63) is 35.4 Å². The molecule has 0 aromatic heterocycles. The smallest absolute Gasteiger partial charge is 0.315 e. The largest absolute Gasteiger partial charge is 0.366 e. The molecule has 6 nitrogen and oxygen atoms in total. The lowest BCUT2D eigenvalue weighted by atomic mass is 9.62. The van der Waals surface area contributed by atoms with Crippen molar-refractivity contribution < 1.29 is 9.59 Å². The van der Waals surface area contributed by atoms with Crippen LogP contribution < -0.4 is 21.7 Å². The Hall–Kier alpha value is -2.08. The number of nitrogens with two attached hydrogens (primary N) is 1. The van der Waals surface area contributed by atoms with E-state index >= 15 is 0 Å². The number of hydrogen-bond acceptors (Lipinski definition) is 3. The first-order valence-electron chi connectivity index (χ1n) is 7.20. The molecule has 3 rings (SSSR count). The van der Waals surface area contributed by atoms with Crippen LogP contribution >= 0.6 is 0 Å². The van der Waals surface area contributed by atoms with Crippen LogP contribution in [-0.2, 0) is 6.54 Å². The van der Waals surface area contributed by atoms with E-state index in [4.69, 9.17) is 5.73 Å². The third kappa shape index (κ3) is 3.00. The second-order valence-electron chi connectivity index (χ2n) is 6.10. The first kappa shape index (κ1) is 13.9.